The maximum absolute atomic E-state index is 12.3. The summed E-state index contributed by atoms with van der Waals surface area (Å²) in [5.74, 6) is 1.45. The summed E-state index contributed by atoms with van der Waals surface area (Å²) >= 11 is 0. The van der Waals surface area contributed by atoms with Crippen molar-refractivity contribution in [1.29, 1.82) is 0 Å². The van der Waals surface area contributed by atoms with Crippen LogP contribution in [-0.4, -0.2) is 35.5 Å². The van der Waals surface area contributed by atoms with Crippen LogP contribution in [0.15, 0.2) is 30.3 Å². The van der Waals surface area contributed by atoms with Crippen LogP contribution in [0.2, 0.25) is 0 Å². The number of hydrogen-bond donors (Lipinski definition) is 1. The Bertz CT molecular complexity index is 761. The molecule has 1 aliphatic rings. The summed E-state index contributed by atoms with van der Waals surface area (Å²) in [6.45, 7) is 8.65. The number of aromatic nitrogens is 2. The average molecular weight is 367 g/mol. The highest BCUT2D eigenvalue weighted by Crippen LogP contribution is 2.23. The molecule has 144 valence electrons. The van der Waals surface area contributed by atoms with Crippen LogP contribution >= 0.6 is 0 Å². The van der Waals surface area contributed by atoms with Crippen LogP contribution in [-0.2, 0) is 11.2 Å². The molecule has 1 amide bonds. The molecule has 0 radical (unpaired) electrons. The third kappa shape index (κ3) is 5.78. The Morgan fingerprint density at radius 2 is 1.81 bits per heavy atom. The minimum atomic E-state index is 0.170. The number of benzene rings is 1. The first-order valence-corrected chi connectivity index (χ1v) is 9.89. The zero-order valence-electron chi connectivity index (χ0n) is 16.7. The Morgan fingerprint density at radius 1 is 1.11 bits per heavy atom. The van der Waals surface area contributed by atoms with E-state index in [1.807, 2.05) is 19.9 Å². The summed E-state index contributed by atoms with van der Waals surface area (Å²) in [4.78, 5) is 23.6. The molecule has 0 bridgehead atoms. The molecule has 1 N–H and O–H groups in total. The molecule has 2 heterocycles. The zero-order chi connectivity index (χ0) is 19.2. The highest BCUT2D eigenvalue weighted by molar-refractivity contribution is 5.76. The molecule has 1 saturated heterocycles. The van der Waals surface area contributed by atoms with Crippen molar-refractivity contribution in [2.24, 2.45) is 5.92 Å². The first kappa shape index (κ1) is 19.3. The van der Waals surface area contributed by atoms with Crippen LogP contribution in [0.25, 0.3) is 0 Å². The van der Waals surface area contributed by atoms with Crippen LogP contribution < -0.4 is 10.2 Å². The Balaban J connectivity index is 1.40. The molecule has 0 saturated carbocycles. The van der Waals surface area contributed by atoms with Gasteiger partial charge in [-0.25, -0.2) is 9.97 Å². The van der Waals surface area contributed by atoms with E-state index in [0.29, 0.717) is 18.9 Å². The first-order chi connectivity index (χ1) is 13.0. The first-order valence-electron chi connectivity index (χ1n) is 9.89. The summed E-state index contributed by atoms with van der Waals surface area (Å²) in [7, 11) is 0. The lowest BCUT2D eigenvalue weighted by atomic mass is 9.93. The van der Waals surface area contributed by atoms with Crippen LogP contribution in [0, 0.1) is 26.7 Å². The molecular formula is C22H30N4O. The van der Waals surface area contributed by atoms with Gasteiger partial charge in [0.2, 0.25) is 11.9 Å². The van der Waals surface area contributed by atoms with Gasteiger partial charge >= 0.3 is 0 Å². The van der Waals surface area contributed by atoms with Crippen molar-refractivity contribution in [3.63, 3.8) is 0 Å². The number of rotatable bonds is 6. The number of nitrogens with one attached hydrogen (secondary N) is 1. The minimum Gasteiger partial charge on any atom is -0.356 e. The molecule has 0 unspecified atom stereocenters. The summed E-state index contributed by atoms with van der Waals surface area (Å²) in [6, 6.07) is 10.5. The van der Waals surface area contributed by atoms with E-state index in [1.54, 1.807) is 0 Å². The molecule has 1 aromatic carbocycles. The molecule has 2 aromatic rings. The largest absolute Gasteiger partial charge is 0.356 e. The number of hydrogen-bond acceptors (Lipinski definition) is 4. The molecule has 5 nitrogen and oxygen atoms in total. The van der Waals surface area contributed by atoms with Gasteiger partial charge in [0, 0.05) is 37.4 Å². The second kappa shape index (κ2) is 8.98. The van der Waals surface area contributed by atoms with Gasteiger partial charge in [-0.05, 0) is 57.6 Å². The third-order valence-corrected chi connectivity index (χ3v) is 5.16. The van der Waals surface area contributed by atoms with E-state index in [0.717, 1.165) is 49.7 Å². The molecule has 0 aliphatic carbocycles. The summed E-state index contributed by atoms with van der Waals surface area (Å²) in [5.41, 5.74) is 4.55. The predicted molar refractivity (Wildman–Crippen MR) is 109 cm³/mol. The number of amides is 1. The molecule has 5 heteroatoms. The fourth-order valence-electron chi connectivity index (χ4n) is 3.73. The highest BCUT2D eigenvalue weighted by atomic mass is 16.1. The van der Waals surface area contributed by atoms with Gasteiger partial charge < -0.3 is 10.2 Å². The molecule has 1 aromatic heterocycles. The Morgan fingerprint density at radius 3 is 2.48 bits per heavy atom. The number of nitrogens with zero attached hydrogens (tertiary/aromatic N) is 3. The van der Waals surface area contributed by atoms with E-state index in [4.69, 9.17) is 0 Å². The highest BCUT2D eigenvalue weighted by Gasteiger charge is 2.23. The van der Waals surface area contributed by atoms with E-state index >= 15 is 0 Å². The number of anilines is 1. The lowest BCUT2D eigenvalue weighted by Crippen LogP contribution is -2.37. The molecule has 0 spiro atoms. The van der Waals surface area contributed by atoms with Crippen molar-refractivity contribution in [3.05, 3.63) is 52.8 Å². The molecule has 27 heavy (non-hydrogen) atoms. The van der Waals surface area contributed by atoms with Crippen molar-refractivity contribution in [1.82, 2.24) is 15.3 Å². The van der Waals surface area contributed by atoms with E-state index in [2.05, 4.69) is 51.4 Å². The van der Waals surface area contributed by atoms with Crippen molar-refractivity contribution in [2.45, 2.75) is 46.5 Å². The zero-order valence-corrected chi connectivity index (χ0v) is 16.7. The summed E-state index contributed by atoms with van der Waals surface area (Å²) in [5, 5.41) is 3.08. The number of carbonyl (C=O) groups is 1. The summed E-state index contributed by atoms with van der Waals surface area (Å²) < 4.78 is 0. The SMILES string of the molecule is Cc1cccc(CCNC(=O)CC2CCN(c3nc(C)cc(C)n3)CC2)c1. The van der Waals surface area contributed by atoms with Gasteiger partial charge in [-0.2, -0.15) is 0 Å². The standard InChI is InChI=1S/C22H30N4O/c1-16-5-4-6-19(13-16)7-10-23-21(27)15-20-8-11-26(12-9-20)22-24-17(2)14-18(3)25-22/h4-6,13-14,20H,7-12,15H2,1-3H3,(H,23,27). The lowest BCUT2D eigenvalue weighted by molar-refractivity contribution is -0.122. The smallest absolute Gasteiger partial charge is 0.225 e. The van der Waals surface area contributed by atoms with Crippen molar-refractivity contribution in [3.8, 4) is 0 Å². The molecule has 1 fully saturated rings. The van der Waals surface area contributed by atoms with Gasteiger partial charge in [0.05, 0.1) is 0 Å². The number of piperidine rings is 1. The fourth-order valence-corrected chi connectivity index (χ4v) is 3.73. The lowest BCUT2D eigenvalue weighted by Gasteiger charge is -2.32. The van der Waals surface area contributed by atoms with Crippen LogP contribution in [0.5, 0.6) is 0 Å². The topological polar surface area (TPSA) is 58.1 Å². The molecule has 3 rings (SSSR count). The van der Waals surface area contributed by atoms with E-state index in [9.17, 15) is 4.79 Å². The second-order valence-corrected chi connectivity index (χ2v) is 7.67. The van der Waals surface area contributed by atoms with Gasteiger partial charge in [0.25, 0.3) is 0 Å². The monoisotopic (exact) mass is 366 g/mol. The maximum Gasteiger partial charge on any atom is 0.225 e. The second-order valence-electron chi connectivity index (χ2n) is 7.67. The van der Waals surface area contributed by atoms with Gasteiger partial charge in [0.1, 0.15) is 0 Å². The van der Waals surface area contributed by atoms with Gasteiger partial charge in [-0.15, -0.1) is 0 Å². The number of aryl methyl sites for hydroxylation is 3. The Labute approximate surface area is 162 Å². The fraction of sp³-hybridized carbons (Fsp3) is 0.500. The van der Waals surface area contributed by atoms with E-state index in [-0.39, 0.29) is 5.91 Å². The van der Waals surface area contributed by atoms with E-state index < -0.39 is 0 Å². The maximum atomic E-state index is 12.3. The van der Waals surface area contributed by atoms with Crippen molar-refractivity contribution in [2.75, 3.05) is 24.5 Å². The Kier molecular flexibility index (Phi) is 6.43. The van der Waals surface area contributed by atoms with Gasteiger partial charge in [-0.3, -0.25) is 4.79 Å². The normalized spacial score (nSPS) is 15.0. The van der Waals surface area contributed by atoms with Gasteiger partial charge in [0.15, 0.2) is 0 Å². The quantitative estimate of drug-likeness (QED) is 0.852. The number of carbonyl (C=O) groups excluding carboxylic acids is 1. The van der Waals surface area contributed by atoms with Crippen LogP contribution in [0.1, 0.15) is 41.8 Å². The predicted octanol–water partition coefficient (Wildman–Crippen LogP) is 3.37. The molecule has 0 atom stereocenters. The summed E-state index contributed by atoms with van der Waals surface area (Å²) in [6.07, 6.45) is 3.54. The average Bonchev–Trinajstić information content (AvgIpc) is 2.61. The molecular weight excluding hydrogens is 336 g/mol. The van der Waals surface area contributed by atoms with Crippen LogP contribution in [0.4, 0.5) is 5.95 Å². The van der Waals surface area contributed by atoms with Gasteiger partial charge in [-0.1, -0.05) is 29.8 Å². The van der Waals surface area contributed by atoms with Crippen molar-refractivity contribution < 1.29 is 4.79 Å². The molecule has 1 aliphatic heterocycles. The van der Waals surface area contributed by atoms with E-state index in [1.165, 1.54) is 11.1 Å². The Hall–Kier alpha value is -2.43. The van der Waals surface area contributed by atoms with Crippen molar-refractivity contribution >= 4 is 11.9 Å². The third-order valence-electron chi connectivity index (χ3n) is 5.16. The van der Waals surface area contributed by atoms with Crippen LogP contribution in [0.3, 0.4) is 0 Å². The minimum absolute atomic E-state index is 0.170.